The van der Waals surface area contributed by atoms with Gasteiger partial charge in [0.1, 0.15) is 24.4 Å². The number of nitriles is 1. The number of allylic oxidation sites excluding steroid dienone is 5. The normalized spacial score (nSPS) is 34.1. The number of fused-ring (bicyclic) bond motifs is 2. The zero-order valence-corrected chi connectivity index (χ0v) is 13.7. The fourth-order valence-electron chi connectivity index (χ4n) is 3.80. The summed E-state index contributed by atoms with van der Waals surface area (Å²) in [6.07, 6.45) is 12.1. The summed E-state index contributed by atoms with van der Waals surface area (Å²) in [5.41, 5.74) is 4.30. The minimum Gasteiger partial charge on any atom is -0.264 e. The Morgan fingerprint density at radius 1 is 1.43 bits per heavy atom. The standard InChI is InChI=1S/C17H17N5S/c1-17(23)3-2-13-14-5-12(4-11(14)6-15(13)20-8-17)16(7-18)22-10-19-9-21-22/h2-3,8-11,14,23H,4-6H2,1H3/b16-12+. The lowest BCUT2D eigenvalue weighted by molar-refractivity contribution is 0.483. The second-order valence-electron chi connectivity index (χ2n) is 6.60. The van der Waals surface area contributed by atoms with Crippen LogP contribution in [-0.2, 0) is 0 Å². The van der Waals surface area contributed by atoms with Crippen LogP contribution in [0.3, 0.4) is 0 Å². The topological polar surface area (TPSA) is 66.9 Å². The van der Waals surface area contributed by atoms with E-state index in [1.165, 1.54) is 23.2 Å². The maximum atomic E-state index is 9.51. The van der Waals surface area contributed by atoms with Crippen LogP contribution in [-0.4, -0.2) is 25.7 Å². The molecule has 5 nitrogen and oxygen atoms in total. The van der Waals surface area contributed by atoms with Crippen molar-refractivity contribution in [3.05, 3.63) is 41.6 Å². The van der Waals surface area contributed by atoms with Gasteiger partial charge in [0.25, 0.3) is 0 Å². The van der Waals surface area contributed by atoms with Crippen LogP contribution in [0.15, 0.2) is 46.6 Å². The first-order valence-electron chi connectivity index (χ1n) is 7.74. The van der Waals surface area contributed by atoms with Crippen molar-refractivity contribution < 1.29 is 0 Å². The number of nitrogens with zero attached hydrogens (tertiary/aromatic N) is 5. The molecule has 1 aromatic rings. The highest BCUT2D eigenvalue weighted by atomic mass is 32.1. The van der Waals surface area contributed by atoms with Gasteiger partial charge in [-0.25, -0.2) is 9.67 Å². The fourth-order valence-corrected chi connectivity index (χ4v) is 3.93. The molecule has 23 heavy (non-hydrogen) atoms. The van der Waals surface area contributed by atoms with Crippen molar-refractivity contribution in [2.75, 3.05) is 0 Å². The molecule has 0 saturated heterocycles. The maximum absolute atomic E-state index is 9.51. The SMILES string of the molecule is CC1(S)C=CC2=C(CC3C/C(=C(/C#N)n4cncn4)CC23)N=C1. The van der Waals surface area contributed by atoms with Gasteiger partial charge < -0.3 is 0 Å². The Morgan fingerprint density at radius 3 is 3.04 bits per heavy atom. The summed E-state index contributed by atoms with van der Waals surface area (Å²) >= 11 is 4.60. The van der Waals surface area contributed by atoms with Crippen molar-refractivity contribution >= 4 is 24.5 Å². The summed E-state index contributed by atoms with van der Waals surface area (Å²) in [7, 11) is 0. The lowest BCUT2D eigenvalue weighted by Gasteiger charge is -2.13. The van der Waals surface area contributed by atoms with Gasteiger partial charge in [-0.05, 0) is 49.2 Å². The highest BCUT2D eigenvalue weighted by Gasteiger charge is 2.41. The van der Waals surface area contributed by atoms with E-state index in [0.717, 1.165) is 19.3 Å². The van der Waals surface area contributed by atoms with Gasteiger partial charge in [-0.15, -0.1) is 0 Å². The maximum Gasteiger partial charge on any atom is 0.143 e. The molecule has 3 atom stereocenters. The van der Waals surface area contributed by atoms with E-state index in [1.54, 1.807) is 11.0 Å². The van der Waals surface area contributed by atoms with E-state index in [-0.39, 0.29) is 4.75 Å². The molecule has 2 aliphatic carbocycles. The average Bonchev–Trinajstić information content (AvgIpc) is 3.19. The fraction of sp³-hybridized carbons (Fsp3) is 0.412. The first-order chi connectivity index (χ1) is 11.1. The van der Waals surface area contributed by atoms with Crippen LogP contribution < -0.4 is 0 Å². The van der Waals surface area contributed by atoms with Gasteiger partial charge in [0.15, 0.2) is 0 Å². The largest absolute Gasteiger partial charge is 0.264 e. The highest BCUT2D eigenvalue weighted by molar-refractivity contribution is 7.82. The molecule has 1 aromatic heterocycles. The lowest BCUT2D eigenvalue weighted by Crippen LogP contribution is -2.14. The van der Waals surface area contributed by atoms with Crippen LogP contribution >= 0.6 is 12.6 Å². The molecule has 6 heteroatoms. The molecule has 1 aliphatic heterocycles. The smallest absolute Gasteiger partial charge is 0.143 e. The molecule has 3 unspecified atom stereocenters. The van der Waals surface area contributed by atoms with Crippen molar-refractivity contribution in [2.24, 2.45) is 16.8 Å². The lowest BCUT2D eigenvalue weighted by atomic mass is 9.94. The number of hydrogen-bond donors (Lipinski definition) is 1. The van der Waals surface area contributed by atoms with Gasteiger partial charge in [-0.3, -0.25) is 4.99 Å². The van der Waals surface area contributed by atoms with Crippen LogP contribution in [0.25, 0.3) is 5.70 Å². The summed E-state index contributed by atoms with van der Waals surface area (Å²) in [5.74, 6) is 0.982. The van der Waals surface area contributed by atoms with E-state index in [2.05, 4.69) is 45.9 Å². The number of thiol groups is 1. The Labute approximate surface area is 140 Å². The first kappa shape index (κ1) is 14.5. The van der Waals surface area contributed by atoms with Gasteiger partial charge in [0, 0.05) is 11.9 Å². The molecule has 2 heterocycles. The van der Waals surface area contributed by atoms with Crippen molar-refractivity contribution in [1.82, 2.24) is 14.8 Å². The van der Waals surface area contributed by atoms with E-state index in [4.69, 9.17) is 0 Å². The van der Waals surface area contributed by atoms with Gasteiger partial charge in [0.05, 0.1) is 4.75 Å². The van der Waals surface area contributed by atoms with Crippen LogP contribution in [0, 0.1) is 23.2 Å². The van der Waals surface area contributed by atoms with Crippen LogP contribution in [0.1, 0.15) is 26.2 Å². The molecule has 1 saturated carbocycles. The predicted octanol–water partition coefficient (Wildman–Crippen LogP) is 3.03. The van der Waals surface area contributed by atoms with E-state index in [0.29, 0.717) is 17.5 Å². The van der Waals surface area contributed by atoms with Crippen molar-refractivity contribution in [1.29, 1.82) is 5.26 Å². The number of hydrogen-bond acceptors (Lipinski definition) is 5. The van der Waals surface area contributed by atoms with Crippen LogP contribution in [0.4, 0.5) is 0 Å². The molecule has 4 rings (SSSR count). The third-order valence-corrected chi connectivity index (χ3v) is 5.17. The molecule has 116 valence electrons. The van der Waals surface area contributed by atoms with Gasteiger partial charge in [-0.2, -0.15) is 23.0 Å². The van der Waals surface area contributed by atoms with Crippen molar-refractivity contribution in [3.8, 4) is 6.07 Å². The summed E-state index contributed by atoms with van der Waals surface area (Å²) in [4.78, 5) is 8.61. The molecular formula is C17H17N5S. The Bertz CT molecular complexity index is 805. The van der Waals surface area contributed by atoms with Crippen molar-refractivity contribution in [2.45, 2.75) is 30.9 Å². The zero-order valence-electron chi connectivity index (χ0n) is 12.8. The summed E-state index contributed by atoms with van der Waals surface area (Å²) < 4.78 is 1.28. The molecule has 3 aliphatic rings. The van der Waals surface area contributed by atoms with Gasteiger partial charge in [-0.1, -0.05) is 12.2 Å². The van der Waals surface area contributed by atoms with Crippen LogP contribution in [0.2, 0.25) is 0 Å². The summed E-state index contributed by atoms with van der Waals surface area (Å²) in [6.45, 7) is 2.04. The molecule has 1 fully saturated rings. The van der Waals surface area contributed by atoms with E-state index in [1.807, 2.05) is 13.1 Å². The van der Waals surface area contributed by atoms with Gasteiger partial charge in [0.2, 0.25) is 0 Å². The van der Waals surface area contributed by atoms with Crippen LogP contribution in [0.5, 0.6) is 0 Å². The van der Waals surface area contributed by atoms with E-state index < -0.39 is 0 Å². The Hall–Kier alpha value is -2.13. The molecule has 0 amide bonds. The van der Waals surface area contributed by atoms with Gasteiger partial charge >= 0.3 is 0 Å². The average molecular weight is 323 g/mol. The number of aliphatic imine (C=N–C) groups is 1. The van der Waals surface area contributed by atoms with Crippen molar-refractivity contribution in [3.63, 3.8) is 0 Å². The summed E-state index contributed by atoms with van der Waals surface area (Å²) in [6, 6.07) is 2.30. The van der Waals surface area contributed by atoms with E-state index in [9.17, 15) is 5.26 Å². The summed E-state index contributed by atoms with van der Waals surface area (Å²) in [5, 5.41) is 13.6. The minimum absolute atomic E-state index is 0.296. The Balaban J connectivity index is 1.67. The number of aromatic nitrogens is 3. The third-order valence-electron chi connectivity index (χ3n) is 4.90. The minimum atomic E-state index is -0.296. The van der Waals surface area contributed by atoms with E-state index >= 15 is 0 Å². The number of rotatable bonds is 1. The predicted molar refractivity (Wildman–Crippen MR) is 91.7 cm³/mol. The molecule has 0 N–H and O–H groups in total. The highest BCUT2D eigenvalue weighted by Crippen LogP contribution is 2.52. The molecule has 0 aromatic carbocycles. The second-order valence-corrected chi connectivity index (χ2v) is 7.57. The Kier molecular flexibility index (Phi) is 3.27. The Morgan fingerprint density at radius 2 is 2.30 bits per heavy atom. The molecular weight excluding hydrogens is 306 g/mol. The monoisotopic (exact) mass is 323 g/mol. The quantitative estimate of drug-likeness (QED) is 0.638. The molecule has 0 radical (unpaired) electrons. The first-order valence-corrected chi connectivity index (χ1v) is 8.19. The second kappa shape index (κ2) is 5.20. The third kappa shape index (κ3) is 2.45. The molecule has 0 spiro atoms. The zero-order chi connectivity index (χ0) is 16.0. The molecule has 0 bridgehead atoms.